The molecule has 104 valence electrons. The molecule has 1 aromatic carbocycles. The van der Waals surface area contributed by atoms with E-state index in [0.29, 0.717) is 12.1 Å². The number of hydrogen-bond acceptors (Lipinski definition) is 3. The summed E-state index contributed by atoms with van der Waals surface area (Å²) in [6.45, 7) is 5.88. The first-order chi connectivity index (χ1) is 8.91. The van der Waals surface area contributed by atoms with Gasteiger partial charge in [0.25, 0.3) is 0 Å². The van der Waals surface area contributed by atoms with Crippen LogP contribution in [0.1, 0.15) is 36.7 Å². The molecule has 1 atom stereocenters. The van der Waals surface area contributed by atoms with Crippen LogP contribution in [-0.2, 0) is 11.3 Å². The molecule has 19 heavy (non-hydrogen) atoms. The van der Waals surface area contributed by atoms with Gasteiger partial charge in [-0.05, 0) is 32.4 Å². The van der Waals surface area contributed by atoms with E-state index in [4.69, 9.17) is 5.11 Å². The normalized spacial score (nSPS) is 12.2. The average Bonchev–Trinajstić information content (AvgIpc) is 2.35. The molecule has 0 fully saturated rings. The summed E-state index contributed by atoms with van der Waals surface area (Å²) in [5.74, 6) is -1.06. The largest absolute Gasteiger partial charge is 0.478 e. The lowest BCUT2D eigenvalue weighted by Gasteiger charge is -2.16. The average molecular weight is 264 g/mol. The van der Waals surface area contributed by atoms with Gasteiger partial charge in [0.05, 0.1) is 11.6 Å². The van der Waals surface area contributed by atoms with E-state index in [0.717, 1.165) is 0 Å². The Morgan fingerprint density at radius 1 is 1.21 bits per heavy atom. The fraction of sp³-hybridized carbons (Fsp3) is 0.429. The Morgan fingerprint density at radius 2 is 1.84 bits per heavy atom. The summed E-state index contributed by atoms with van der Waals surface area (Å²) >= 11 is 0. The number of carboxylic acids is 1. The van der Waals surface area contributed by atoms with Gasteiger partial charge in [-0.25, -0.2) is 4.79 Å². The van der Waals surface area contributed by atoms with Crippen molar-refractivity contribution in [2.45, 2.75) is 39.4 Å². The third kappa shape index (κ3) is 4.71. The smallest absolute Gasteiger partial charge is 0.336 e. The van der Waals surface area contributed by atoms with Gasteiger partial charge in [0, 0.05) is 12.6 Å². The lowest BCUT2D eigenvalue weighted by Crippen LogP contribution is -2.44. The molecule has 0 bridgehead atoms. The van der Waals surface area contributed by atoms with Crippen LogP contribution in [0.3, 0.4) is 0 Å². The van der Waals surface area contributed by atoms with Crippen molar-refractivity contribution in [3.8, 4) is 0 Å². The van der Waals surface area contributed by atoms with E-state index in [9.17, 15) is 9.59 Å². The number of carboxylic acid groups (broad SMARTS) is 1. The van der Waals surface area contributed by atoms with Crippen LogP contribution in [0.15, 0.2) is 24.3 Å². The second-order valence-corrected chi connectivity index (χ2v) is 4.73. The summed E-state index contributed by atoms with van der Waals surface area (Å²) in [6, 6.07) is 6.47. The van der Waals surface area contributed by atoms with Gasteiger partial charge in [-0.1, -0.05) is 18.2 Å². The molecular weight excluding hydrogens is 244 g/mol. The van der Waals surface area contributed by atoms with Crippen LogP contribution < -0.4 is 10.6 Å². The van der Waals surface area contributed by atoms with Crippen LogP contribution >= 0.6 is 0 Å². The van der Waals surface area contributed by atoms with Crippen molar-refractivity contribution in [2.24, 2.45) is 0 Å². The summed E-state index contributed by atoms with van der Waals surface area (Å²) in [4.78, 5) is 22.7. The maximum Gasteiger partial charge on any atom is 0.336 e. The molecule has 0 aromatic heterocycles. The molecule has 1 amide bonds. The van der Waals surface area contributed by atoms with E-state index in [1.165, 1.54) is 0 Å². The Labute approximate surface area is 113 Å². The summed E-state index contributed by atoms with van der Waals surface area (Å²) < 4.78 is 0. The third-order valence-corrected chi connectivity index (χ3v) is 2.67. The molecule has 5 heteroatoms. The van der Waals surface area contributed by atoms with Crippen molar-refractivity contribution in [1.29, 1.82) is 0 Å². The lowest BCUT2D eigenvalue weighted by atomic mass is 10.1. The molecule has 3 N–H and O–H groups in total. The molecule has 1 unspecified atom stereocenters. The molecule has 0 saturated heterocycles. The number of hydrogen-bond donors (Lipinski definition) is 3. The van der Waals surface area contributed by atoms with Crippen molar-refractivity contribution < 1.29 is 14.7 Å². The zero-order valence-corrected chi connectivity index (χ0v) is 11.4. The second kappa shape index (κ2) is 6.89. The highest BCUT2D eigenvalue weighted by Crippen LogP contribution is 2.08. The first kappa shape index (κ1) is 15.2. The summed E-state index contributed by atoms with van der Waals surface area (Å²) in [5, 5.41) is 14.9. The fourth-order valence-corrected chi connectivity index (χ4v) is 1.65. The van der Waals surface area contributed by atoms with E-state index >= 15 is 0 Å². The predicted molar refractivity (Wildman–Crippen MR) is 73.0 cm³/mol. The van der Waals surface area contributed by atoms with Crippen LogP contribution in [0.2, 0.25) is 0 Å². The molecule has 0 aliphatic carbocycles. The Hall–Kier alpha value is -1.88. The van der Waals surface area contributed by atoms with E-state index in [2.05, 4.69) is 10.6 Å². The van der Waals surface area contributed by atoms with Crippen molar-refractivity contribution in [1.82, 2.24) is 10.6 Å². The van der Waals surface area contributed by atoms with Crippen LogP contribution in [0.25, 0.3) is 0 Å². The zero-order chi connectivity index (χ0) is 14.4. The van der Waals surface area contributed by atoms with Crippen molar-refractivity contribution in [3.63, 3.8) is 0 Å². The molecule has 5 nitrogen and oxygen atoms in total. The Morgan fingerprint density at radius 3 is 2.42 bits per heavy atom. The Kier molecular flexibility index (Phi) is 5.51. The van der Waals surface area contributed by atoms with E-state index < -0.39 is 5.97 Å². The molecule has 1 aromatic rings. The maximum atomic E-state index is 11.7. The van der Waals surface area contributed by atoms with Gasteiger partial charge in [0.1, 0.15) is 0 Å². The zero-order valence-electron chi connectivity index (χ0n) is 11.4. The quantitative estimate of drug-likeness (QED) is 0.725. The van der Waals surface area contributed by atoms with Crippen molar-refractivity contribution in [2.75, 3.05) is 0 Å². The van der Waals surface area contributed by atoms with Crippen molar-refractivity contribution >= 4 is 11.9 Å². The van der Waals surface area contributed by atoms with Crippen molar-refractivity contribution in [3.05, 3.63) is 35.4 Å². The molecule has 0 saturated carbocycles. The number of rotatable bonds is 6. The Balaban J connectivity index is 2.62. The molecule has 1 rings (SSSR count). The Bertz CT molecular complexity index is 458. The van der Waals surface area contributed by atoms with Gasteiger partial charge < -0.3 is 15.7 Å². The highest BCUT2D eigenvalue weighted by Gasteiger charge is 2.14. The van der Waals surface area contributed by atoms with Gasteiger partial charge in [0.2, 0.25) is 5.91 Å². The van der Waals surface area contributed by atoms with Gasteiger partial charge in [0.15, 0.2) is 0 Å². The highest BCUT2D eigenvalue weighted by molar-refractivity contribution is 5.89. The lowest BCUT2D eigenvalue weighted by molar-refractivity contribution is -0.123. The minimum atomic E-state index is -0.961. The minimum absolute atomic E-state index is 0.0862. The summed E-state index contributed by atoms with van der Waals surface area (Å²) in [5.41, 5.74) is 0.922. The predicted octanol–water partition coefficient (Wildman–Crippen LogP) is 1.39. The highest BCUT2D eigenvalue weighted by atomic mass is 16.4. The molecule has 0 aliphatic heterocycles. The maximum absolute atomic E-state index is 11.7. The SMILES string of the molecule is CC(C)NC(=O)C(C)NCc1ccccc1C(=O)O. The van der Waals surface area contributed by atoms with Crippen LogP contribution in [-0.4, -0.2) is 29.1 Å². The topological polar surface area (TPSA) is 78.4 Å². The van der Waals surface area contributed by atoms with Gasteiger partial charge >= 0.3 is 5.97 Å². The second-order valence-electron chi connectivity index (χ2n) is 4.73. The van der Waals surface area contributed by atoms with Gasteiger partial charge in [-0.3, -0.25) is 4.79 Å². The van der Waals surface area contributed by atoms with Gasteiger partial charge in [-0.2, -0.15) is 0 Å². The summed E-state index contributed by atoms with van der Waals surface area (Å²) in [7, 11) is 0. The fourth-order valence-electron chi connectivity index (χ4n) is 1.65. The number of nitrogens with one attached hydrogen (secondary N) is 2. The van der Waals surface area contributed by atoms with E-state index in [-0.39, 0.29) is 23.6 Å². The number of benzene rings is 1. The number of amides is 1. The monoisotopic (exact) mass is 264 g/mol. The molecule has 0 heterocycles. The van der Waals surface area contributed by atoms with Crippen LogP contribution in [0.4, 0.5) is 0 Å². The number of carbonyl (C=O) groups excluding carboxylic acids is 1. The van der Waals surface area contributed by atoms with Crippen LogP contribution in [0, 0.1) is 0 Å². The first-order valence-electron chi connectivity index (χ1n) is 6.26. The summed E-state index contributed by atoms with van der Waals surface area (Å²) in [6.07, 6.45) is 0. The minimum Gasteiger partial charge on any atom is -0.478 e. The first-order valence-corrected chi connectivity index (χ1v) is 6.26. The van der Waals surface area contributed by atoms with E-state index in [1.807, 2.05) is 13.8 Å². The number of aromatic carboxylic acids is 1. The molecular formula is C14H20N2O3. The van der Waals surface area contributed by atoms with Crippen LogP contribution in [0.5, 0.6) is 0 Å². The third-order valence-electron chi connectivity index (χ3n) is 2.67. The van der Waals surface area contributed by atoms with Gasteiger partial charge in [-0.15, -0.1) is 0 Å². The number of carbonyl (C=O) groups is 2. The standard InChI is InChI=1S/C14H20N2O3/c1-9(2)16-13(17)10(3)15-8-11-6-4-5-7-12(11)14(18)19/h4-7,9-10,15H,8H2,1-3H3,(H,16,17)(H,18,19). The molecule has 0 spiro atoms. The molecule has 0 aliphatic rings. The molecule has 0 radical (unpaired) electrons. The van der Waals surface area contributed by atoms with E-state index in [1.54, 1.807) is 31.2 Å².